The Morgan fingerprint density at radius 2 is 1.73 bits per heavy atom. The van der Waals surface area contributed by atoms with Crippen molar-refractivity contribution in [2.24, 2.45) is 5.92 Å². The van der Waals surface area contributed by atoms with Crippen LogP contribution in [0, 0.1) is 5.92 Å². The lowest BCUT2D eigenvalue weighted by molar-refractivity contribution is -0.119. The van der Waals surface area contributed by atoms with Crippen molar-refractivity contribution >= 4 is 45.7 Å². The molecule has 7 nitrogen and oxygen atoms in total. The van der Waals surface area contributed by atoms with Crippen LogP contribution < -0.4 is 16.0 Å². The number of hydrogen-bond acceptors (Lipinski definition) is 5. The van der Waals surface area contributed by atoms with E-state index in [-0.39, 0.29) is 11.8 Å². The fourth-order valence-corrected chi connectivity index (χ4v) is 3.58. The van der Waals surface area contributed by atoms with Crippen molar-refractivity contribution < 1.29 is 9.59 Å². The number of nitrogens with one attached hydrogen (secondary N) is 3. The lowest BCUT2D eigenvalue weighted by Crippen LogP contribution is -2.49. The maximum Gasteiger partial charge on any atom is 0.319 e. The van der Waals surface area contributed by atoms with Crippen molar-refractivity contribution in [2.75, 3.05) is 10.6 Å². The summed E-state index contributed by atoms with van der Waals surface area (Å²) < 4.78 is 0. The van der Waals surface area contributed by atoms with Gasteiger partial charge in [0.05, 0.1) is 0 Å². The van der Waals surface area contributed by atoms with Crippen LogP contribution in [0.25, 0.3) is 10.6 Å². The van der Waals surface area contributed by atoms with E-state index < -0.39 is 12.1 Å². The molecule has 2 unspecified atom stereocenters. The number of benzene rings is 2. The van der Waals surface area contributed by atoms with Gasteiger partial charge >= 0.3 is 6.03 Å². The standard InChI is InChI=1S/C21H22ClN5O2S/c1-3-13(2)17(24-20(29)23-16-11-9-15(22)10-12-16)18(28)25-21-27-26-19(30-21)14-7-5-4-6-8-14/h4-13,17H,3H2,1-2H3,(H2,23,24,29)(H,25,27,28). The number of rotatable bonds is 7. The Morgan fingerprint density at radius 3 is 2.40 bits per heavy atom. The predicted molar refractivity (Wildman–Crippen MR) is 121 cm³/mol. The van der Waals surface area contributed by atoms with Gasteiger partial charge in [-0.05, 0) is 30.2 Å². The van der Waals surface area contributed by atoms with E-state index in [1.54, 1.807) is 24.3 Å². The van der Waals surface area contributed by atoms with Crippen molar-refractivity contribution in [1.82, 2.24) is 15.5 Å². The molecule has 0 spiro atoms. The van der Waals surface area contributed by atoms with Gasteiger partial charge in [0.25, 0.3) is 0 Å². The minimum absolute atomic E-state index is 0.0810. The summed E-state index contributed by atoms with van der Waals surface area (Å²) in [4.78, 5) is 25.3. The molecule has 30 heavy (non-hydrogen) atoms. The minimum Gasteiger partial charge on any atom is -0.326 e. The normalized spacial score (nSPS) is 12.6. The Kier molecular flexibility index (Phi) is 7.37. The van der Waals surface area contributed by atoms with Crippen molar-refractivity contribution in [3.63, 3.8) is 0 Å². The topological polar surface area (TPSA) is 96.0 Å². The van der Waals surface area contributed by atoms with Crippen molar-refractivity contribution in [1.29, 1.82) is 0 Å². The highest BCUT2D eigenvalue weighted by molar-refractivity contribution is 7.18. The number of nitrogens with zero attached hydrogens (tertiary/aromatic N) is 2. The monoisotopic (exact) mass is 443 g/mol. The Labute approximate surface area is 183 Å². The molecule has 1 heterocycles. The van der Waals surface area contributed by atoms with Gasteiger partial charge in [-0.25, -0.2) is 4.79 Å². The predicted octanol–water partition coefficient (Wildman–Crippen LogP) is 5.03. The van der Waals surface area contributed by atoms with Crippen molar-refractivity contribution in [3.05, 3.63) is 59.6 Å². The molecular formula is C21H22ClN5O2S. The van der Waals surface area contributed by atoms with Crippen LogP contribution in [0.3, 0.4) is 0 Å². The van der Waals surface area contributed by atoms with E-state index in [0.717, 1.165) is 5.56 Å². The second-order valence-corrected chi connectivity index (χ2v) is 8.15. The van der Waals surface area contributed by atoms with Crippen LogP contribution in [0.1, 0.15) is 20.3 Å². The zero-order valence-corrected chi connectivity index (χ0v) is 18.1. The number of aromatic nitrogens is 2. The lowest BCUT2D eigenvalue weighted by Gasteiger charge is -2.23. The summed E-state index contributed by atoms with van der Waals surface area (Å²) in [5.41, 5.74) is 1.51. The van der Waals surface area contributed by atoms with Gasteiger partial charge in [0.15, 0.2) is 0 Å². The van der Waals surface area contributed by atoms with Crippen LogP contribution in [-0.2, 0) is 4.79 Å². The number of halogens is 1. The summed E-state index contributed by atoms with van der Waals surface area (Å²) in [5.74, 6) is -0.422. The van der Waals surface area contributed by atoms with E-state index in [9.17, 15) is 9.59 Å². The highest BCUT2D eigenvalue weighted by Crippen LogP contribution is 2.26. The third-order valence-corrected chi connectivity index (χ3v) is 5.70. The van der Waals surface area contributed by atoms with Gasteiger partial charge in [-0.2, -0.15) is 0 Å². The highest BCUT2D eigenvalue weighted by Gasteiger charge is 2.27. The second kappa shape index (κ2) is 10.2. The van der Waals surface area contributed by atoms with Gasteiger partial charge in [0.1, 0.15) is 11.0 Å². The Hall–Kier alpha value is -2.97. The summed E-state index contributed by atoms with van der Waals surface area (Å²) in [6.45, 7) is 3.87. The van der Waals surface area contributed by atoms with Gasteiger partial charge in [0.2, 0.25) is 11.0 Å². The van der Waals surface area contributed by atoms with E-state index >= 15 is 0 Å². The van der Waals surface area contributed by atoms with E-state index in [4.69, 9.17) is 11.6 Å². The van der Waals surface area contributed by atoms with Crippen molar-refractivity contribution in [2.45, 2.75) is 26.3 Å². The molecule has 2 aromatic carbocycles. The largest absolute Gasteiger partial charge is 0.326 e. The van der Waals surface area contributed by atoms with Crippen LogP contribution >= 0.6 is 22.9 Å². The highest BCUT2D eigenvalue weighted by atomic mass is 35.5. The van der Waals surface area contributed by atoms with Gasteiger partial charge in [-0.1, -0.05) is 73.5 Å². The minimum atomic E-state index is -0.730. The van der Waals surface area contributed by atoms with E-state index in [2.05, 4.69) is 26.1 Å². The van der Waals surface area contributed by atoms with Crippen LogP contribution in [0.15, 0.2) is 54.6 Å². The molecule has 3 amide bonds. The first-order chi connectivity index (χ1) is 14.5. The van der Waals surface area contributed by atoms with Gasteiger partial charge in [-0.15, -0.1) is 10.2 Å². The average molecular weight is 444 g/mol. The van der Waals surface area contributed by atoms with Crippen LogP contribution in [0.4, 0.5) is 15.6 Å². The summed E-state index contributed by atoms with van der Waals surface area (Å²) in [6.07, 6.45) is 0.713. The fraction of sp³-hybridized carbons (Fsp3) is 0.238. The molecule has 156 valence electrons. The number of hydrogen-bond donors (Lipinski definition) is 3. The summed E-state index contributed by atoms with van der Waals surface area (Å²) in [5, 5.41) is 18.1. The Morgan fingerprint density at radius 1 is 1.03 bits per heavy atom. The summed E-state index contributed by atoms with van der Waals surface area (Å²) >= 11 is 7.14. The SMILES string of the molecule is CCC(C)C(NC(=O)Nc1ccc(Cl)cc1)C(=O)Nc1nnc(-c2ccccc2)s1. The smallest absolute Gasteiger partial charge is 0.319 e. The first-order valence-corrected chi connectivity index (χ1v) is 10.7. The molecule has 3 N–H and O–H groups in total. The average Bonchev–Trinajstić information content (AvgIpc) is 3.22. The molecule has 0 radical (unpaired) electrons. The van der Waals surface area contributed by atoms with E-state index in [0.29, 0.717) is 27.3 Å². The number of anilines is 2. The summed E-state index contributed by atoms with van der Waals surface area (Å²) in [6, 6.07) is 15.1. The molecule has 0 saturated heterocycles. The molecule has 2 atom stereocenters. The van der Waals surface area contributed by atoms with Crippen LogP contribution in [0.5, 0.6) is 0 Å². The molecule has 0 fully saturated rings. The fourth-order valence-electron chi connectivity index (χ4n) is 2.70. The summed E-state index contributed by atoms with van der Waals surface area (Å²) in [7, 11) is 0. The number of carbonyl (C=O) groups is 2. The molecule has 9 heteroatoms. The molecule has 0 bridgehead atoms. The van der Waals surface area contributed by atoms with Crippen LogP contribution in [0.2, 0.25) is 5.02 Å². The van der Waals surface area contributed by atoms with E-state index in [1.165, 1.54) is 11.3 Å². The lowest BCUT2D eigenvalue weighted by atomic mass is 9.98. The van der Waals surface area contributed by atoms with Gasteiger partial charge in [-0.3, -0.25) is 10.1 Å². The Balaban J connectivity index is 1.66. The zero-order chi connectivity index (χ0) is 21.5. The first-order valence-electron chi connectivity index (χ1n) is 9.49. The molecule has 1 aromatic heterocycles. The number of urea groups is 1. The molecular weight excluding hydrogens is 422 g/mol. The van der Waals surface area contributed by atoms with Crippen LogP contribution in [-0.4, -0.2) is 28.2 Å². The second-order valence-electron chi connectivity index (χ2n) is 6.74. The van der Waals surface area contributed by atoms with Gasteiger partial charge in [0, 0.05) is 16.3 Å². The maximum atomic E-state index is 12.9. The Bertz CT molecular complexity index is 994. The number of amides is 3. The number of carbonyl (C=O) groups excluding carboxylic acids is 2. The molecule has 3 aromatic rings. The molecule has 0 saturated carbocycles. The third-order valence-electron chi connectivity index (χ3n) is 4.56. The quantitative estimate of drug-likeness (QED) is 0.477. The molecule has 0 aliphatic rings. The third kappa shape index (κ3) is 5.77. The maximum absolute atomic E-state index is 12.9. The van der Waals surface area contributed by atoms with Gasteiger partial charge < -0.3 is 10.6 Å². The molecule has 0 aliphatic carbocycles. The van der Waals surface area contributed by atoms with E-state index in [1.807, 2.05) is 44.2 Å². The first kappa shape index (κ1) is 21.7. The molecule has 0 aliphatic heterocycles. The molecule has 3 rings (SSSR count). The van der Waals surface area contributed by atoms with Crippen molar-refractivity contribution in [3.8, 4) is 10.6 Å². The zero-order valence-electron chi connectivity index (χ0n) is 16.6.